The summed E-state index contributed by atoms with van der Waals surface area (Å²) in [5.41, 5.74) is 1.09. The average Bonchev–Trinajstić information content (AvgIpc) is 3.19. The zero-order chi connectivity index (χ0) is 28.1. The van der Waals surface area contributed by atoms with Gasteiger partial charge < -0.3 is 14.7 Å². The second kappa shape index (κ2) is 12.4. The van der Waals surface area contributed by atoms with Crippen LogP contribution in [0.4, 0.5) is 22.0 Å². The summed E-state index contributed by atoms with van der Waals surface area (Å²) < 4.78 is 65.0. The maximum atomic E-state index is 14.3. The molecule has 2 aliphatic rings. The Kier molecular flexibility index (Phi) is 9.66. The predicted molar refractivity (Wildman–Crippen MR) is 128 cm³/mol. The summed E-state index contributed by atoms with van der Waals surface area (Å²) in [5.74, 6) is -5.05. The largest absolute Gasteiger partial charge is 0.490 e. The fourth-order valence-electron chi connectivity index (χ4n) is 4.93. The van der Waals surface area contributed by atoms with Crippen LogP contribution in [0, 0.1) is 17.0 Å². The number of carboxylic acid groups (broad SMARTS) is 1. The second-order valence-electron chi connectivity index (χ2n) is 9.40. The number of hydrogen-bond donors (Lipinski definition) is 1. The number of methoxy groups -OCH3 is 1. The zero-order valence-corrected chi connectivity index (χ0v) is 21.2. The van der Waals surface area contributed by atoms with E-state index in [9.17, 15) is 26.7 Å². The number of hydrogen-bond acceptors (Lipinski definition) is 5. The van der Waals surface area contributed by atoms with Gasteiger partial charge in [0, 0.05) is 51.7 Å². The van der Waals surface area contributed by atoms with Gasteiger partial charge in [0.1, 0.15) is 10.8 Å². The first-order valence-electron chi connectivity index (χ1n) is 11.7. The lowest BCUT2D eigenvalue weighted by atomic mass is 9.76. The highest BCUT2D eigenvalue weighted by Crippen LogP contribution is 2.44. The number of benzene rings is 1. The van der Waals surface area contributed by atoms with E-state index in [0.717, 1.165) is 44.0 Å². The van der Waals surface area contributed by atoms with Gasteiger partial charge in [-0.25, -0.2) is 13.6 Å². The normalized spacial score (nSPS) is 19.2. The van der Waals surface area contributed by atoms with Gasteiger partial charge >= 0.3 is 12.1 Å². The number of alkyl halides is 3. The fourth-order valence-corrected chi connectivity index (χ4v) is 5.09. The summed E-state index contributed by atoms with van der Waals surface area (Å²) in [6, 6.07) is 6.53. The van der Waals surface area contributed by atoms with E-state index in [-0.39, 0.29) is 11.0 Å². The van der Waals surface area contributed by atoms with E-state index in [1.807, 2.05) is 12.3 Å². The molecule has 7 nitrogen and oxygen atoms in total. The minimum absolute atomic E-state index is 0.0984. The van der Waals surface area contributed by atoms with Gasteiger partial charge in [0.25, 0.3) is 5.91 Å². The molecule has 1 N–H and O–H groups in total. The number of piperidine rings is 1. The summed E-state index contributed by atoms with van der Waals surface area (Å²) in [6.07, 6.45) is 1.24. The monoisotopic (exact) mass is 563 g/mol. The summed E-state index contributed by atoms with van der Waals surface area (Å²) in [6.45, 7) is 3.46. The minimum Gasteiger partial charge on any atom is -0.475 e. The molecule has 2 aromatic rings. The molecule has 0 bridgehead atoms. The van der Waals surface area contributed by atoms with Crippen molar-refractivity contribution in [3.05, 3.63) is 64.4 Å². The SMILES string of the molecule is COCC1CC2(CCN(C(=O)c3ccc(F)c(Cl)c3F)CC2)CN1Cc1cccnc1.O=C(O)C(F)(F)F. The van der Waals surface area contributed by atoms with Gasteiger partial charge in [-0.3, -0.25) is 14.7 Å². The molecule has 1 spiro atoms. The van der Waals surface area contributed by atoms with Crippen LogP contribution in [0.2, 0.25) is 5.02 Å². The lowest BCUT2D eigenvalue weighted by molar-refractivity contribution is -0.192. The standard InChI is InChI=1S/C23H26ClF2N3O2.C2HF3O2/c1-31-14-17-11-23(15-29(17)13-16-3-2-8-27-12-16)6-9-28(10-7-23)22(30)18-4-5-19(25)20(24)21(18)26;3-2(4,5)1(6)7/h2-5,8,12,17H,6-7,9-11,13-15H2,1H3;(H,6,7). The summed E-state index contributed by atoms with van der Waals surface area (Å²) in [5, 5.41) is 6.49. The molecule has 1 amide bonds. The molecule has 0 radical (unpaired) electrons. The molecule has 1 atom stereocenters. The van der Waals surface area contributed by atoms with E-state index in [1.165, 1.54) is 6.07 Å². The van der Waals surface area contributed by atoms with E-state index in [2.05, 4.69) is 16.0 Å². The fraction of sp³-hybridized carbons (Fsp3) is 0.480. The smallest absolute Gasteiger partial charge is 0.475 e. The maximum absolute atomic E-state index is 14.3. The van der Waals surface area contributed by atoms with Gasteiger partial charge in [0.15, 0.2) is 5.82 Å². The van der Waals surface area contributed by atoms with Crippen molar-refractivity contribution in [3.8, 4) is 0 Å². The molecule has 208 valence electrons. The highest BCUT2D eigenvalue weighted by molar-refractivity contribution is 6.31. The van der Waals surface area contributed by atoms with Gasteiger partial charge in [0.05, 0.1) is 12.2 Å². The van der Waals surface area contributed by atoms with Crippen molar-refractivity contribution in [2.75, 3.05) is 33.4 Å². The van der Waals surface area contributed by atoms with Gasteiger partial charge in [-0.15, -0.1) is 0 Å². The molecule has 38 heavy (non-hydrogen) atoms. The lowest BCUT2D eigenvalue weighted by Crippen LogP contribution is -2.44. The van der Waals surface area contributed by atoms with Crippen LogP contribution in [-0.4, -0.2) is 77.3 Å². The number of rotatable bonds is 5. The third-order valence-corrected chi connectivity index (χ3v) is 7.16. The Morgan fingerprint density at radius 2 is 1.87 bits per heavy atom. The van der Waals surface area contributed by atoms with Crippen molar-refractivity contribution in [1.29, 1.82) is 0 Å². The molecule has 1 aromatic carbocycles. The van der Waals surface area contributed by atoms with E-state index in [1.54, 1.807) is 18.2 Å². The van der Waals surface area contributed by atoms with Crippen molar-refractivity contribution in [2.45, 2.75) is 38.0 Å². The van der Waals surface area contributed by atoms with Crippen LogP contribution < -0.4 is 0 Å². The number of carbonyl (C=O) groups excluding carboxylic acids is 1. The first-order chi connectivity index (χ1) is 17.9. The highest BCUT2D eigenvalue weighted by Gasteiger charge is 2.46. The molecule has 3 heterocycles. The van der Waals surface area contributed by atoms with Crippen LogP contribution in [0.5, 0.6) is 0 Å². The molecule has 2 aliphatic heterocycles. The molecule has 1 unspecified atom stereocenters. The van der Waals surface area contributed by atoms with Crippen molar-refractivity contribution < 1.29 is 41.4 Å². The van der Waals surface area contributed by atoms with E-state index >= 15 is 0 Å². The Morgan fingerprint density at radius 1 is 1.21 bits per heavy atom. The number of pyridine rings is 1. The van der Waals surface area contributed by atoms with Gasteiger partial charge in [-0.2, -0.15) is 13.2 Å². The number of carboxylic acids is 1. The molecule has 2 fully saturated rings. The third kappa shape index (κ3) is 7.17. The third-order valence-electron chi connectivity index (χ3n) is 6.81. The molecule has 2 saturated heterocycles. The number of aromatic nitrogens is 1. The number of nitrogens with zero attached hydrogens (tertiary/aromatic N) is 3. The van der Waals surface area contributed by atoms with E-state index in [0.29, 0.717) is 25.7 Å². The van der Waals surface area contributed by atoms with Crippen LogP contribution in [0.15, 0.2) is 36.7 Å². The molecular formula is C25H27ClF5N3O4. The van der Waals surface area contributed by atoms with Gasteiger partial charge in [0.2, 0.25) is 0 Å². The Labute approximate surface area is 221 Å². The topological polar surface area (TPSA) is 83.0 Å². The van der Waals surface area contributed by atoms with Crippen LogP contribution in [-0.2, 0) is 16.1 Å². The van der Waals surface area contributed by atoms with Crippen molar-refractivity contribution in [3.63, 3.8) is 0 Å². The van der Waals surface area contributed by atoms with Crippen LogP contribution in [0.3, 0.4) is 0 Å². The van der Waals surface area contributed by atoms with Crippen LogP contribution in [0.25, 0.3) is 0 Å². The predicted octanol–water partition coefficient (Wildman–Crippen LogP) is 4.79. The second-order valence-corrected chi connectivity index (χ2v) is 9.78. The molecule has 1 aromatic heterocycles. The Bertz CT molecular complexity index is 1130. The number of amides is 1. The average molecular weight is 564 g/mol. The first kappa shape index (κ1) is 29.7. The van der Waals surface area contributed by atoms with Gasteiger partial charge in [-0.1, -0.05) is 17.7 Å². The Balaban J connectivity index is 0.000000505. The number of halogens is 6. The molecular weight excluding hydrogens is 537 g/mol. The zero-order valence-electron chi connectivity index (χ0n) is 20.5. The minimum atomic E-state index is -5.08. The Hall–Kier alpha value is -2.83. The van der Waals surface area contributed by atoms with E-state index < -0.39 is 34.7 Å². The number of ether oxygens (including phenoxy) is 1. The number of carbonyl (C=O) groups is 2. The molecule has 13 heteroatoms. The van der Waals surface area contributed by atoms with Crippen molar-refractivity contribution in [1.82, 2.24) is 14.8 Å². The molecule has 4 rings (SSSR count). The quantitative estimate of drug-likeness (QED) is 0.416. The first-order valence-corrected chi connectivity index (χ1v) is 12.1. The van der Waals surface area contributed by atoms with Crippen molar-refractivity contribution >= 4 is 23.5 Å². The lowest BCUT2D eigenvalue weighted by Gasteiger charge is -2.39. The summed E-state index contributed by atoms with van der Waals surface area (Å²) >= 11 is 5.65. The molecule has 0 aliphatic carbocycles. The van der Waals surface area contributed by atoms with Crippen molar-refractivity contribution in [2.24, 2.45) is 5.41 Å². The maximum Gasteiger partial charge on any atom is 0.490 e. The van der Waals surface area contributed by atoms with E-state index in [4.69, 9.17) is 26.2 Å². The summed E-state index contributed by atoms with van der Waals surface area (Å²) in [4.78, 5) is 30.0. The van der Waals surface area contributed by atoms with Crippen LogP contribution >= 0.6 is 11.6 Å². The molecule has 0 saturated carbocycles. The van der Waals surface area contributed by atoms with Crippen LogP contribution in [0.1, 0.15) is 35.2 Å². The Morgan fingerprint density at radius 3 is 2.42 bits per heavy atom. The highest BCUT2D eigenvalue weighted by atomic mass is 35.5. The number of likely N-dealkylation sites (tertiary alicyclic amines) is 2. The number of aliphatic carboxylic acids is 1. The van der Waals surface area contributed by atoms with Gasteiger partial charge in [-0.05, 0) is 48.4 Å². The summed E-state index contributed by atoms with van der Waals surface area (Å²) in [7, 11) is 1.72.